The molecule has 2 rings (SSSR count). The van der Waals surface area contributed by atoms with Crippen molar-refractivity contribution in [1.82, 2.24) is 5.32 Å². The molecule has 0 spiro atoms. The SMILES string of the molecule is O=C(NCc1ccccc1)C(F)(F)C#Cc1ccccc1. The highest BCUT2D eigenvalue weighted by atomic mass is 19.3. The minimum Gasteiger partial charge on any atom is -0.346 e. The monoisotopic (exact) mass is 285 g/mol. The maximum atomic E-state index is 13.6. The van der Waals surface area contributed by atoms with Crippen LogP contribution < -0.4 is 5.32 Å². The first kappa shape index (κ1) is 14.7. The first-order chi connectivity index (χ1) is 10.1. The van der Waals surface area contributed by atoms with Crippen LogP contribution in [0, 0.1) is 11.8 Å². The molecule has 21 heavy (non-hydrogen) atoms. The van der Waals surface area contributed by atoms with Gasteiger partial charge in [-0.1, -0.05) is 54.5 Å². The Kier molecular flexibility index (Phi) is 4.68. The zero-order valence-electron chi connectivity index (χ0n) is 11.1. The summed E-state index contributed by atoms with van der Waals surface area (Å²) in [6.45, 7) is 0.0439. The molecule has 2 aromatic rings. The smallest absolute Gasteiger partial charge is 0.346 e. The van der Waals surface area contributed by atoms with Crippen molar-refractivity contribution in [3.8, 4) is 11.8 Å². The molecular formula is C17H13F2NO. The number of alkyl halides is 2. The number of hydrogen-bond donors (Lipinski definition) is 1. The molecule has 0 saturated carbocycles. The van der Waals surface area contributed by atoms with Crippen LogP contribution in [0.25, 0.3) is 0 Å². The lowest BCUT2D eigenvalue weighted by atomic mass is 10.2. The minimum absolute atomic E-state index is 0.0439. The van der Waals surface area contributed by atoms with Gasteiger partial charge in [0.1, 0.15) is 0 Å². The average Bonchev–Trinajstić information content (AvgIpc) is 2.52. The van der Waals surface area contributed by atoms with Gasteiger partial charge in [0.2, 0.25) is 0 Å². The van der Waals surface area contributed by atoms with E-state index in [1.54, 1.807) is 60.5 Å². The lowest BCUT2D eigenvalue weighted by Crippen LogP contribution is -2.38. The lowest BCUT2D eigenvalue weighted by molar-refractivity contribution is -0.138. The summed E-state index contributed by atoms with van der Waals surface area (Å²) in [5, 5.41) is 2.18. The van der Waals surface area contributed by atoms with E-state index in [-0.39, 0.29) is 6.54 Å². The summed E-state index contributed by atoms with van der Waals surface area (Å²) >= 11 is 0. The number of carbonyl (C=O) groups excluding carboxylic acids is 1. The van der Waals surface area contributed by atoms with E-state index in [1.165, 1.54) is 0 Å². The Hall–Kier alpha value is -2.67. The van der Waals surface area contributed by atoms with E-state index in [4.69, 9.17) is 0 Å². The number of halogens is 2. The predicted molar refractivity (Wildman–Crippen MR) is 76.6 cm³/mol. The van der Waals surface area contributed by atoms with Crippen LogP contribution in [0.1, 0.15) is 11.1 Å². The molecule has 0 aliphatic carbocycles. The molecule has 0 aromatic heterocycles. The maximum Gasteiger partial charge on any atom is 0.385 e. The Morgan fingerprint density at radius 1 is 1.00 bits per heavy atom. The maximum absolute atomic E-state index is 13.6. The van der Waals surface area contributed by atoms with Crippen LogP contribution in [0.15, 0.2) is 60.7 Å². The Labute approximate surface area is 121 Å². The van der Waals surface area contributed by atoms with Crippen LogP contribution in [0.4, 0.5) is 8.78 Å². The highest BCUT2D eigenvalue weighted by Crippen LogP contribution is 2.13. The van der Waals surface area contributed by atoms with E-state index in [0.29, 0.717) is 5.56 Å². The van der Waals surface area contributed by atoms with E-state index in [2.05, 4.69) is 11.2 Å². The van der Waals surface area contributed by atoms with Gasteiger partial charge in [0.25, 0.3) is 0 Å². The summed E-state index contributed by atoms with van der Waals surface area (Å²) < 4.78 is 27.2. The van der Waals surface area contributed by atoms with Crippen LogP contribution in [0.5, 0.6) is 0 Å². The molecule has 1 N–H and O–H groups in total. The second-order valence-electron chi connectivity index (χ2n) is 4.36. The first-order valence-corrected chi connectivity index (χ1v) is 6.36. The van der Waals surface area contributed by atoms with Crippen molar-refractivity contribution in [2.24, 2.45) is 0 Å². The van der Waals surface area contributed by atoms with Crippen molar-refractivity contribution in [3.05, 3.63) is 71.8 Å². The average molecular weight is 285 g/mol. The molecule has 0 saturated heterocycles. The van der Waals surface area contributed by atoms with Crippen molar-refractivity contribution >= 4 is 5.91 Å². The van der Waals surface area contributed by atoms with Gasteiger partial charge in [0.15, 0.2) is 0 Å². The fraction of sp³-hybridized carbons (Fsp3) is 0.118. The zero-order chi connectivity index (χ0) is 15.1. The highest BCUT2D eigenvalue weighted by Gasteiger charge is 2.36. The summed E-state index contributed by atoms with van der Waals surface area (Å²) in [4.78, 5) is 11.5. The molecule has 0 aliphatic heterocycles. The second kappa shape index (κ2) is 6.67. The van der Waals surface area contributed by atoms with Crippen LogP contribution in [-0.4, -0.2) is 11.8 Å². The van der Waals surface area contributed by atoms with Gasteiger partial charge in [0, 0.05) is 12.1 Å². The third-order valence-electron chi connectivity index (χ3n) is 2.72. The quantitative estimate of drug-likeness (QED) is 0.863. The van der Waals surface area contributed by atoms with Gasteiger partial charge in [-0.2, -0.15) is 8.78 Å². The molecule has 2 aromatic carbocycles. The number of nitrogens with one attached hydrogen (secondary N) is 1. The number of amides is 1. The normalized spacial score (nSPS) is 10.4. The number of rotatable bonds is 3. The largest absolute Gasteiger partial charge is 0.385 e. The van der Waals surface area contributed by atoms with E-state index in [0.717, 1.165) is 5.56 Å². The van der Waals surface area contributed by atoms with Gasteiger partial charge in [-0.3, -0.25) is 4.79 Å². The Balaban J connectivity index is 1.99. The number of carbonyl (C=O) groups is 1. The molecular weight excluding hydrogens is 272 g/mol. The summed E-state index contributed by atoms with van der Waals surface area (Å²) in [5.74, 6) is -1.09. The highest BCUT2D eigenvalue weighted by molar-refractivity contribution is 5.86. The number of benzene rings is 2. The predicted octanol–water partition coefficient (Wildman–Crippen LogP) is 2.99. The Bertz CT molecular complexity index is 657. The van der Waals surface area contributed by atoms with Gasteiger partial charge >= 0.3 is 11.8 Å². The summed E-state index contributed by atoms with van der Waals surface area (Å²) in [6.07, 6.45) is 0. The molecule has 0 unspecified atom stereocenters. The molecule has 2 nitrogen and oxygen atoms in total. The summed E-state index contributed by atoms with van der Waals surface area (Å²) in [6, 6.07) is 17.2. The van der Waals surface area contributed by atoms with Gasteiger partial charge in [-0.15, -0.1) is 0 Å². The van der Waals surface area contributed by atoms with Gasteiger partial charge in [0.05, 0.1) is 0 Å². The fourth-order valence-corrected chi connectivity index (χ4v) is 1.62. The van der Waals surface area contributed by atoms with Gasteiger partial charge in [-0.25, -0.2) is 0 Å². The molecule has 4 heteroatoms. The van der Waals surface area contributed by atoms with Crippen LogP contribution in [0.2, 0.25) is 0 Å². The van der Waals surface area contributed by atoms with Crippen molar-refractivity contribution in [3.63, 3.8) is 0 Å². The molecule has 106 valence electrons. The fourth-order valence-electron chi connectivity index (χ4n) is 1.62. The van der Waals surface area contributed by atoms with Crippen molar-refractivity contribution in [2.45, 2.75) is 12.5 Å². The Morgan fingerprint density at radius 3 is 2.19 bits per heavy atom. The molecule has 0 heterocycles. The summed E-state index contributed by atoms with van der Waals surface area (Å²) in [5.41, 5.74) is 1.19. The van der Waals surface area contributed by atoms with E-state index < -0.39 is 11.8 Å². The molecule has 0 atom stereocenters. The van der Waals surface area contributed by atoms with E-state index >= 15 is 0 Å². The minimum atomic E-state index is -3.72. The third-order valence-corrected chi connectivity index (χ3v) is 2.72. The molecule has 0 fully saturated rings. The van der Waals surface area contributed by atoms with Crippen LogP contribution in [-0.2, 0) is 11.3 Å². The van der Waals surface area contributed by atoms with Crippen LogP contribution >= 0.6 is 0 Å². The number of hydrogen-bond acceptors (Lipinski definition) is 1. The second-order valence-corrected chi connectivity index (χ2v) is 4.36. The Morgan fingerprint density at radius 2 is 1.57 bits per heavy atom. The van der Waals surface area contributed by atoms with Crippen LogP contribution in [0.3, 0.4) is 0 Å². The molecule has 0 bridgehead atoms. The standard InChI is InChI=1S/C17H13F2NO/c18-17(19,12-11-14-7-3-1-4-8-14)16(21)20-13-15-9-5-2-6-10-15/h1-10H,13H2,(H,20,21). The van der Waals surface area contributed by atoms with E-state index in [1.807, 2.05) is 6.07 Å². The van der Waals surface area contributed by atoms with Gasteiger partial charge < -0.3 is 5.32 Å². The first-order valence-electron chi connectivity index (χ1n) is 6.36. The van der Waals surface area contributed by atoms with Crippen molar-refractivity contribution in [2.75, 3.05) is 0 Å². The third kappa shape index (κ3) is 4.43. The van der Waals surface area contributed by atoms with Crippen molar-refractivity contribution in [1.29, 1.82) is 0 Å². The molecule has 1 amide bonds. The zero-order valence-corrected chi connectivity index (χ0v) is 11.1. The van der Waals surface area contributed by atoms with Crippen molar-refractivity contribution < 1.29 is 13.6 Å². The van der Waals surface area contributed by atoms with Gasteiger partial charge in [-0.05, 0) is 23.6 Å². The lowest BCUT2D eigenvalue weighted by Gasteiger charge is -2.10. The topological polar surface area (TPSA) is 29.1 Å². The molecule has 0 radical (unpaired) electrons. The summed E-state index contributed by atoms with van der Waals surface area (Å²) in [7, 11) is 0. The molecule has 0 aliphatic rings. The van der Waals surface area contributed by atoms with E-state index in [9.17, 15) is 13.6 Å².